The number of amides is 2. The van der Waals surface area contributed by atoms with E-state index in [0.717, 1.165) is 57.7 Å². The molecule has 2 aromatic carbocycles. The summed E-state index contributed by atoms with van der Waals surface area (Å²) in [6.07, 6.45) is 10.6. The first-order valence-corrected chi connectivity index (χ1v) is 16.0. The second kappa shape index (κ2) is 12.6. The van der Waals surface area contributed by atoms with Crippen LogP contribution in [0.4, 0.5) is 0 Å². The van der Waals surface area contributed by atoms with Gasteiger partial charge in [-0.15, -0.1) is 13.2 Å². The summed E-state index contributed by atoms with van der Waals surface area (Å²) in [5, 5.41) is 3.90. The lowest BCUT2D eigenvalue weighted by molar-refractivity contribution is -0.117. The molecule has 0 spiro atoms. The van der Waals surface area contributed by atoms with Gasteiger partial charge in [-0.3, -0.25) is 9.59 Å². The lowest BCUT2D eigenvalue weighted by Crippen LogP contribution is -2.41. The van der Waals surface area contributed by atoms with Gasteiger partial charge >= 0.3 is 10.2 Å². The minimum absolute atomic E-state index is 0.0613. The summed E-state index contributed by atoms with van der Waals surface area (Å²) < 4.78 is 36.3. The minimum atomic E-state index is -4.06. The van der Waals surface area contributed by atoms with Crippen molar-refractivity contribution < 1.29 is 22.7 Å². The van der Waals surface area contributed by atoms with Crippen molar-refractivity contribution >= 4 is 39.0 Å². The van der Waals surface area contributed by atoms with E-state index in [1.165, 1.54) is 25.1 Å². The van der Waals surface area contributed by atoms with E-state index in [0.29, 0.717) is 23.8 Å². The molecule has 1 aliphatic carbocycles. The summed E-state index contributed by atoms with van der Waals surface area (Å²) in [5.74, 6) is 0.0519. The van der Waals surface area contributed by atoms with Crippen LogP contribution >= 0.6 is 0 Å². The number of nitrogens with zero attached hydrogens (tertiary/aromatic N) is 2. The number of aromatic nitrogens is 1. The second-order valence-electron chi connectivity index (χ2n) is 11.0. The van der Waals surface area contributed by atoms with Crippen molar-refractivity contribution in [3.63, 3.8) is 0 Å². The van der Waals surface area contributed by atoms with Crippen molar-refractivity contribution in [3.8, 4) is 17.0 Å². The SMILES string of the molecule is C=CCNC(=O)C1=Cc2cc(OC)ccc2-c2c(C3CCCCC3)c3ccc(C(=O)NS(=O)(=O)N(C)CC=C)cc3n2C1. The first-order chi connectivity index (χ1) is 20.7. The molecule has 0 unspecified atom stereocenters. The van der Waals surface area contributed by atoms with E-state index < -0.39 is 16.1 Å². The van der Waals surface area contributed by atoms with E-state index in [4.69, 9.17) is 4.74 Å². The van der Waals surface area contributed by atoms with E-state index in [9.17, 15) is 18.0 Å². The van der Waals surface area contributed by atoms with Crippen molar-refractivity contribution in [2.24, 2.45) is 0 Å². The lowest BCUT2D eigenvalue weighted by Gasteiger charge is -2.24. The normalized spacial score (nSPS) is 15.2. The molecule has 3 aromatic rings. The Kier molecular flexibility index (Phi) is 8.89. The Morgan fingerprint density at radius 2 is 1.84 bits per heavy atom. The molecule has 1 aromatic heterocycles. The van der Waals surface area contributed by atoms with Gasteiger partial charge < -0.3 is 14.6 Å². The lowest BCUT2D eigenvalue weighted by atomic mass is 9.81. The van der Waals surface area contributed by atoms with Crippen molar-refractivity contribution in [1.29, 1.82) is 0 Å². The highest BCUT2D eigenvalue weighted by Gasteiger charge is 2.31. The summed E-state index contributed by atoms with van der Waals surface area (Å²) in [6.45, 7) is 7.94. The number of likely N-dealkylation sites (N-methyl/N-ethyl adjacent to an activating group) is 1. The molecule has 0 atom stereocenters. The fourth-order valence-electron chi connectivity index (χ4n) is 6.13. The van der Waals surface area contributed by atoms with Crippen molar-refractivity contribution in [3.05, 3.63) is 84.0 Å². The number of ether oxygens (including phenoxy) is 1. The maximum absolute atomic E-state index is 13.4. The Balaban J connectivity index is 1.71. The molecule has 0 bridgehead atoms. The minimum Gasteiger partial charge on any atom is -0.497 e. The number of hydrogen-bond acceptors (Lipinski definition) is 5. The third kappa shape index (κ3) is 6.03. The topological polar surface area (TPSA) is 110 Å². The van der Waals surface area contributed by atoms with E-state index in [1.807, 2.05) is 30.3 Å². The van der Waals surface area contributed by atoms with Crippen LogP contribution < -0.4 is 14.8 Å². The molecule has 2 heterocycles. The number of nitrogens with one attached hydrogen (secondary N) is 2. The Hall–Kier alpha value is -4.15. The van der Waals surface area contributed by atoms with Gasteiger partial charge in [0.2, 0.25) is 5.91 Å². The third-order valence-corrected chi connectivity index (χ3v) is 9.68. The van der Waals surface area contributed by atoms with Crippen LogP contribution in [0.2, 0.25) is 0 Å². The van der Waals surface area contributed by atoms with Gasteiger partial charge in [-0.1, -0.05) is 37.5 Å². The standard InChI is InChI=1S/C33H38N4O5S/c1-5-16-34-32(38)25-18-24-19-26(42-4)13-15-27(24)31-30(22-10-8-7-9-11-22)28-14-12-23(20-29(28)37(31)21-25)33(39)35-43(40,41)36(3)17-6-2/h5-6,12-15,18-20,22H,1-2,7-11,16-17,21H2,3-4H3,(H,34,38)(H,35,39). The molecule has 10 heteroatoms. The van der Waals surface area contributed by atoms with Crippen molar-refractivity contribution in [1.82, 2.24) is 18.9 Å². The quantitative estimate of drug-likeness (QED) is 0.312. The fraction of sp³-hybridized carbons (Fsp3) is 0.333. The van der Waals surface area contributed by atoms with Crippen LogP contribution in [0, 0.1) is 0 Å². The summed E-state index contributed by atoms with van der Waals surface area (Å²) in [7, 11) is -1.07. The Morgan fingerprint density at radius 3 is 2.53 bits per heavy atom. The maximum Gasteiger partial charge on any atom is 0.304 e. The molecule has 1 saturated carbocycles. The highest BCUT2D eigenvalue weighted by atomic mass is 32.2. The van der Waals surface area contributed by atoms with E-state index in [-0.39, 0.29) is 24.6 Å². The monoisotopic (exact) mass is 602 g/mol. The van der Waals surface area contributed by atoms with E-state index >= 15 is 0 Å². The van der Waals surface area contributed by atoms with Gasteiger partial charge in [0, 0.05) is 47.7 Å². The van der Waals surface area contributed by atoms with Crippen molar-refractivity contribution in [2.45, 2.75) is 44.6 Å². The number of carbonyl (C=O) groups is 2. The summed E-state index contributed by atoms with van der Waals surface area (Å²) in [6, 6.07) is 11.2. The zero-order chi connectivity index (χ0) is 30.7. The van der Waals surface area contributed by atoms with Gasteiger partial charge in [-0.25, -0.2) is 4.72 Å². The first-order valence-electron chi connectivity index (χ1n) is 14.5. The summed E-state index contributed by atoms with van der Waals surface area (Å²) in [5.41, 5.74) is 5.58. The zero-order valence-electron chi connectivity index (χ0n) is 24.7. The summed E-state index contributed by atoms with van der Waals surface area (Å²) in [4.78, 5) is 26.6. The van der Waals surface area contributed by atoms with Gasteiger partial charge in [0.05, 0.1) is 19.3 Å². The summed E-state index contributed by atoms with van der Waals surface area (Å²) >= 11 is 0. The fourth-order valence-corrected chi connectivity index (χ4v) is 6.94. The molecular formula is C33H38N4O5S. The number of benzene rings is 2. The average molecular weight is 603 g/mol. The third-order valence-electron chi connectivity index (χ3n) is 8.27. The predicted molar refractivity (Wildman–Crippen MR) is 170 cm³/mol. The van der Waals surface area contributed by atoms with Gasteiger partial charge in [0.25, 0.3) is 5.91 Å². The number of rotatable bonds is 10. The number of fused-ring (bicyclic) bond motifs is 5. The molecular weight excluding hydrogens is 564 g/mol. The number of hydrogen-bond donors (Lipinski definition) is 2. The molecule has 2 amide bonds. The Bertz CT molecular complexity index is 1730. The van der Waals surface area contributed by atoms with Gasteiger partial charge in [-0.05, 0) is 66.3 Å². The molecule has 0 saturated heterocycles. The number of carbonyl (C=O) groups excluding carboxylic acids is 2. The molecule has 2 N–H and O–H groups in total. The zero-order valence-corrected chi connectivity index (χ0v) is 25.5. The van der Waals surface area contributed by atoms with Crippen LogP contribution in [0.1, 0.15) is 59.5 Å². The maximum atomic E-state index is 13.4. The van der Waals surface area contributed by atoms with Crippen LogP contribution in [0.15, 0.2) is 67.3 Å². The van der Waals surface area contributed by atoms with E-state index in [1.54, 1.807) is 25.3 Å². The first kappa shape index (κ1) is 30.3. The Labute approximate surface area is 253 Å². The highest BCUT2D eigenvalue weighted by molar-refractivity contribution is 7.87. The second-order valence-corrected chi connectivity index (χ2v) is 12.8. The van der Waals surface area contributed by atoms with Crippen LogP contribution in [0.3, 0.4) is 0 Å². The van der Waals surface area contributed by atoms with E-state index in [2.05, 4.69) is 27.8 Å². The van der Waals surface area contributed by atoms with Crippen LogP contribution in [-0.4, -0.2) is 56.4 Å². The molecule has 226 valence electrons. The molecule has 5 rings (SSSR count). The largest absolute Gasteiger partial charge is 0.497 e. The molecule has 1 aliphatic heterocycles. The highest BCUT2D eigenvalue weighted by Crippen LogP contribution is 2.47. The predicted octanol–water partition coefficient (Wildman–Crippen LogP) is 5.16. The van der Waals surface area contributed by atoms with Crippen molar-refractivity contribution in [2.75, 3.05) is 27.2 Å². The number of methoxy groups -OCH3 is 1. The average Bonchev–Trinajstić information content (AvgIpc) is 3.22. The van der Waals surface area contributed by atoms with Gasteiger partial charge in [0.1, 0.15) is 5.75 Å². The molecule has 2 aliphatic rings. The molecule has 9 nitrogen and oxygen atoms in total. The van der Waals surface area contributed by atoms with Crippen LogP contribution in [-0.2, 0) is 21.5 Å². The smallest absolute Gasteiger partial charge is 0.304 e. The molecule has 1 fully saturated rings. The van der Waals surface area contributed by atoms with Crippen LogP contribution in [0.25, 0.3) is 28.2 Å². The van der Waals surface area contributed by atoms with Crippen LogP contribution in [0.5, 0.6) is 5.75 Å². The van der Waals surface area contributed by atoms with Gasteiger partial charge in [0.15, 0.2) is 0 Å². The molecule has 0 radical (unpaired) electrons. The Morgan fingerprint density at radius 1 is 1.07 bits per heavy atom. The molecule has 43 heavy (non-hydrogen) atoms. The van der Waals surface area contributed by atoms with Gasteiger partial charge in [-0.2, -0.15) is 12.7 Å².